The van der Waals surface area contributed by atoms with E-state index < -0.39 is 17.6 Å². The maximum absolute atomic E-state index is 13.5. The average Bonchev–Trinajstić information content (AvgIpc) is 2.32. The van der Waals surface area contributed by atoms with E-state index in [4.69, 9.17) is 10.8 Å². The topological polar surface area (TPSA) is 63.3 Å². The lowest BCUT2D eigenvalue weighted by Gasteiger charge is -2.06. The monoisotopic (exact) mass is 281 g/mol. The molecular weight excluding hydrogens is 272 g/mol. The molecule has 3 nitrogen and oxygen atoms in total. The summed E-state index contributed by atoms with van der Waals surface area (Å²) in [4.78, 5) is 11.6. The third-order valence-electron chi connectivity index (χ3n) is 2.38. The first-order valence-corrected chi connectivity index (χ1v) is 6.05. The van der Waals surface area contributed by atoms with Crippen molar-refractivity contribution in [2.75, 3.05) is 5.73 Å². The molecule has 0 aromatic heterocycles. The van der Waals surface area contributed by atoms with Gasteiger partial charge in [-0.15, -0.1) is 0 Å². The number of nitrogens with two attached hydrogens (primary N) is 1. The van der Waals surface area contributed by atoms with E-state index in [0.717, 1.165) is 23.9 Å². The highest BCUT2D eigenvalue weighted by molar-refractivity contribution is 7.99. The van der Waals surface area contributed by atoms with Crippen LogP contribution in [0, 0.1) is 11.6 Å². The molecule has 0 atom stereocenters. The number of hydrogen-bond acceptors (Lipinski definition) is 3. The van der Waals surface area contributed by atoms with Crippen molar-refractivity contribution >= 4 is 23.4 Å². The predicted molar refractivity (Wildman–Crippen MR) is 68.3 cm³/mol. The summed E-state index contributed by atoms with van der Waals surface area (Å²) in [6.45, 7) is 0. The molecule has 0 fully saturated rings. The van der Waals surface area contributed by atoms with Gasteiger partial charge in [0.05, 0.1) is 5.56 Å². The number of benzene rings is 2. The van der Waals surface area contributed by atoms with Crippen molar-refractivity contribution in [3.8, 4) is 0 Å². The molecule has 0 radical (unpaired) electrons. The second-order valence-electron chi connectivity index (χ2n) is 3.73. The van der Waals surface area contributed by atoms with Gasteiger partial charge in [0.25, 0.3) is 0 Å². The van der Waals surface area contributed by atoms with Crippen LogP contribution in [0.2, 0.25) is 0 Å². The van der Waals surface area contributed by atoms with Gasteiger partial charge in [-0.3, -0.25) is 0 Å². The Hall–Kier alpha value is -2.08. The van der Waals surface area contributed by atoms with Gasteiger partial charge in [0, 0.05) is 21.5 Å². The molecule has 6 heteroatoms. The van der Waals surface area contributed by atoms with Crippen LogP contribution < -0.4 is 5.73 Å². The molecule has 0 aliphatic rings. The summed E-state index contributed by atoms with van der Waals surface area (Å²) in [5, 5.41) is 8.83. The van der Waals surface area contributed by atoms with Crippen molar-refractivity contribution < 1.29 is 18.7 Å². The molecule has 0 aliphatic heterocycles. The molecule has 0 bridgehead atoms. The zero-order valence-corrected chi connectivity index (χ0v) is 10.4. The van der Waals surface area contributed by atoms with Gasteiger partial charge in [-0.2, -0.15) is 0 Å². The Kier molecular flexibility index (Phi) is 3.71. The first-order chi connectivity index (χ1) is 8.97. The maximum atomic E-state index is 13.5. The molecule has 2 rings (SSSR count). The van der Waals surface area contributed by atoms with E-state index in [2.05, 4.69) is 0 Å². The van der Waals surface area contributed by atoms with Crippen molar-refractivity contribution in [3.05, 3.63) is 53.6 Å². The molecule has 0 heterocycles. The zero-order chi connectivity index (χ0) is 14.0. The molecule has 0 unspecified atom stereocenters. The first kappa shape index (κ1) is 13.4. The van der Waals surface area contributed by atoms with E-state index in [1.54, 1.807) is 0 Å². The third-order valence-corrected chi connectivity index (χ3v) is 3.42. The smallest absolute Gasteiger partial charge is 0.337 e. The number of carbonyl (C=O) groups is 1. The summed E-state index contributed by atoms with van der Waals surface area (Å²) in [5.74, 6) is -2.45. The van der Waals surface area contributed by atoms with Crippen LogP contribution in [0.25, 0.3) is 0 Å². The first-order valence-electron chi connectivity index (χ1n) is 5.23. The molecule has 2 aromatic rings. The maximum Gasteiger partial charge on any atom is 0.337 e. The number of carboxylic acid groups (broad SMARTS) is 1. The van der Waals surface area contributed by atoms with Crippen LogP contribution in [-0.4, -0.2) is 11.1 Å². The minimum absolute atomic E-state index is 0.0103. The summed E-state index contributed by atoms with van der Waals surface area (Å²) in [7, 11) is 0. The highest BCUT2D eigenvalue weighted by Gasteiger charge is 2.10. The van der Waals surface area contributed by atoms with Gasteiger partial charge in [0.15, 0.2) is 0 Å². The zero-order valence-electron chi connectivity index (χ0n) is 9.56. The van der Waals surface area contributed by atoms with Gasteiger partial charge >= 0.3 is 5.97 Å². The second kappa shape index (κ2) is 5.27. The standard InChI is InChI=1S/C13H9F2NO2S/c14-7-1-4-12(10(15)5-7)19-8-2-3-9(13(17)18)11(16)6-8/h1-6H,16H2,(H,17,18). The Balaban J connectivity index is 2.29. The second-order valence-corrected chi connectivity index (χ2v) is 4.85. The highest BCUT2D eigenvalue weighted by atomic mass is 32.2. The Labute approximate surface area is 112 Å². The molecule has 98 valence electrons. The van der Waals surface area contributed by atoms with Crippen LogP contribution in [0.3, 0.4) is 0 Å². The van der Waals surface area contributed by atoms with Crippen LogP contribution in [0.5, 0.6) is 0 Å². The number of aromatic carboxylic acids is 1. The summed E-state index contributed by atoms with van der Waals surface area (Å²) in [6, 6.07) is 7.57. The lowest BCUT2D eigenvalue weighted by molar-refractivity contribution is 0.0698. The Bertz CT molecular complexity index is 647. The molecule has 0 spiro atoms. The lowest BCUT2D eigenvalue weighted by atomic mass is 10.2. The SMILES string of the molecule is Nc1cc(Sc2ccc(F)cc2F)ccc1C(=O)O. The number of nitrogen functional groups attached to an aromatic ring is 1. The fourth-order valence-electron chi connectivity index (χ4n) is 1.48. The van der Waals surface area contributed by atoms with Gasteiger partial charge in [-0.05, 0) is 30.3 Å². The van der Waals surface area contributed by atoms with Crippen LogP contribution in [0.15, 0.2) is 46.2 Å². The molecular formula is C13H9F2NO2S. The number of carboxylic acids is 1. The predicted octanol–water partition coefficient (Wildman–Crippen LogP) is 3.40. The highest BCUT2D eigenvalue weighted by Crippen LogP contribution is 2.32. The van der Waals surface area contributed by atoms with Gasteiger partial charge in [-0.25, -0.2) is 13.6 Å². The molecule has 19 heavy (non-hydrogen) atoms. The van der Waals surface area contributed by atoms with Crippen LogP contribution >= 0.6 is 11.8 Å². The minimum atomic E-state index is -1.12. The molecule has 0 aliphatic carbocycles. The Morgan fingerprint density at radius 3 is 2.47 bits per heavy atom. The molecule has 0 saturated carbocycles. The van der Waals surface area contributed by atoms with E-state index in [1.807, 2.05) is 0 Å². The lowest BCUT2D eigenvalue weighted by Crippen LogP contribution is -2.01. The summed E-state index contributed by atoms with van der Waals surface area (Å²) < 4.78 is 26.2. The van der Waals surface area contributed by atoms with Crippen molar-refractivity contribution in [2.45, 2.75) is 9.79 Å². The van der Waals surface area contributed by atoms with Crippen molar-refractivity contribution in [1.29, 1.82) is 0 Å². The minimum Gasteiger partial charge on any atom is -0.478 e. The molecule has 3 N–H and O–H groups in total. The summed E-state index contributed by atoms with van der Waals surface area (Å²) in [5.41, 5.74) is 5.68. The van der Waals surface area contributed by atoms with Crippen molar-refractivity contribution in [3.63, 3.8) is 0 Å². The van der Waals surface area contributed by atoms with Crippen LogP contribution in [0.4, 0.5) is 14.5 Å². The van der Waals surface area contributed by atoms with Crippen molar-refractivity contribution in [1.82, 2.24) is 0 Å². The Morgan fingerprint density at radius 2 is 1.89 bits per heavy atom. The number of hydrogen-bond donors (Lipinski definition) is 2. The van der Waals surface area contributed by atoms with E-state index in [0.29, 0.717) is 4.90 Å². The van der Waals surface area contributed by atoms with Gasteiger partial charge in [0.2, 0.25) is 0 Å². The third kappa shape index (κ3) is 3.03. The van der Waals surface area contributed by atoms with Crippen LogP contribution in [0.1, 0.15) is 10.4 Å². The van der Waals surface area contributed by atoms with E-state index in [9.17, 15) is 13.6 Å². The van der Waals surface area contributed by atoms with Crippen LogP contribution in [-0.2, 0) is 0 Å². The molecule has 2 aromatic carbocycles. The van der Waals surface area contributed by atoms with E-state index in [-0.39, 0.29) is 16.1 Å². The van der Waals surface area contributed by atoms with Gasteiger partial charge in [0.1, 0.15) is 11.6 Å². The van der Waals surface area contributed by atoms with Crippen molar-refractivity contribution in [2.24, 2.45) is 0 Å². The molecule has 0 saturated heterocycles. The number of anilines is 1. The summed E-state index contributed by atoms with van der Waals surface area (Å²) >= 11 is 1.04. The number of halogens is 2. The van der Waals surface area contributed by atoms with E-state index in [1.165, 1.54) is 24.3 Å². The molecule has 0 amide bonds. The summed E-state index contributed by atoms with van der Waals surface area (Å²) in [6.07, 6.45) is 0. The average molecular weight is 281 g/mol. The fourth-order valence-corrected chi connectivity index (χ4v) is 2.35. The Morgan fingerprint density at radius 1 is 1.16 bits per heavy atom. The normalized spacial score (nSPS) is 10.4. The fraction of sp³-hybridized carbons (Fsp3) is 0. The quantitative estimate of drug-likeness (QED) is 0.846. The van der Waals surface area contributed by atoms with Gasteiger partial charge < -0.3 is 10.8 Å². The number of rotatable bonds is 3. The largest absolute Gasteiger partial charge is 0.478 e. The van der Waals surface area contributed by atoms with Gasteiger partial charge in [-0.1, -0.05) is 11.8 Å². The van der Waals surface area contributed by atoms with E-state index >= 15 is 0 Å².